The van der Waals surface area contributed by atoms with Crippen molar-refractivity contribution < 1.29 is 0 Å². The zero-order chi connectivity index (χ0) is 11.2. The van der Waals surface area contributed by atoms with E-state index in [0.29, 0.717) is 5.41 Å². The van der Waals surface area contributed by atoms with Gasteiger partial charge in [0.2, 0.25) is 0 Å². The third kappa shape index (κ3) is 1.95. The van der Waals surface area contributed by atoms with Crippen LogP contribution in [-0.2, 0) is 0 Å². The lowest BCUT2D eigenvalue weighted by atomic mass is 9.69. The zero-order valence-electron chi connectivity index (χ0n) is 10.7. The average Bonchev–Trinajstić information content (AvgIpc) is 2.55. The van der Waals surface area contributed by atoms with Gasteiger partial charge in [-0.3, -0.25) is 0 Å². The minimum atomic E-state index is 0.574. The molecule has 4 unspecified atom stereocenters. The van der Waals surface area contributed by atoms with Crippen molar-refractivity contribution in [1.29, 1.82) is 0 Å². The fourth-order valence-electron chi connectivity index (χ4n) is 4.05. The molecule has 1 N–H and O–H groups in total. The van der Waals surface area contributed by atoms with Gasteiger partial charge in [0.25, 0.3) is 0 Å². The first-order chi connectivity index (χ1) is 7.64. The van der Waals surface area contributed by atoms with E-state index in [0.717, 1.165) is 23.9 Å². The summed E-state index contributed by atoms with van der Waals surface area (Å²) in [5.41, 5.74) is 0.574. The molecule has 0 heterocycles. The first-order valence-corrected chi connectivity index (χ1v) is 7.07. The minimum Gasteiger partial charge on any atom is -0.311 e. The van der Waals surface area contributed by atoms with Crippen molar-refractivity contribution in [1.82, 2.24) is 5.32 Å². The molecule has 4 atom stereocenters. The summed E-state index contributed by atoms with van der Waals surface area (Å²) in [6, 6.07) is 1.60. The summed E-state index contributed by atoms with van der Waals surface area (Å²) in [6.07, 6.45) is 13.2. The molecule has 0 amide bonds. The van der Waals surface area contributed by atoms with Crippen molar-refractivity contribution in [3.63, 3.8) is 0 Å². The number of nitrogens with one attached hydrogen (secondary N) is 1. The van der Waals surface area contributed by atoms with Crippen molar-refractivity contribution in [3.8, 4) is 0 Å². The number of fused-ring (bicyclic) bond motifs is 1. The second-order valence-electron chi connectivity index (χ2n) is 6.97. The van der Waals surface area contributed by atoms with Crippen LogP contribution in [0.5, 0.6) is 0 Å². The van der Waals surface area contributed by atoms with Crippen LogP contribution >= 0.6 is 0 Å². The second kappa shape index (κ2) is 3.87. The van der Waals surface area contributed by atoms with Gasteiger partial charge in [-0.15, -0.1) is 0 Å². The van der Waals surface area contributed by atoms with E-state index in [9.17, 15) is 0 Å². The van der Waals surface area contributed by atoms with Crippen LogP contribution < -0.4 is 5.32 Å². The largest absolute Gasteiger partial charge is 0.311 e. The zero-order valence-corrected chi connectivity index (χ0v) is 10.7. The Morgan fingerprint density at radius 2 is 2.19 bits per heavy atom. The van der Waals surface area contributed by atoms with Crippen molar-refractivity contribution in [3.05, 3.63) is 12.2 Å². The molecule has 0 aromatic heterocycles. The van der Waals surface area contributed by atoms with E-state index in [1.807, 2.05) is 0 Å². The Morgan fingerprint density at radius 3 is 2.94 bits per heavy atom. The van der Waals surface area contributed by atoms with Gasteiger partial charge in [0.15, 0.2) is 0 Å². The Bertz CT molecular complexity index is 292. The quantitative estimate of drug-likeness (QED) is 0.701. The SMILES string of the molecule is CC1(C)CCCC(NC2CC3CC=CC32)C1. The summed E-state index contributed by atoms with van der Waals surface area (Å²) < 4.78 is 0. The van der Waals surface area contributed by atoms with Gasteiger partial charge in [0, 0.05) is 12.1 Å². The molecule has 0 aliphatic heterocycles. The van der Waals surface area contributed by atoms with E-state index in [1.54, 1.807) is 0 Å². The molecule has 0 aromatic carbocycles. The molecule has 1 heteroatoms. The molecule has 2 saturated carbocycles. The monoisotopic (exact) mass is 219 g/mol. The lowest BCUT2D eigenvalue weighted by Crippen LogP contribution is -2.53. The molecule has 3 aliphatic carbocycles. The van der Waals surface area contributed by atoms with Crippen molar-refractivity contribution in [2.24, 2.45) is 17.3 Å². The second-order valence-corrected chi connectivity index (χ2v) is 6.97. The van der Waals surface area contributed by atoms with Gasteiger partial charge in [-0.2, -0.15) is 0 Å². The van der Waals surface area contributed by atoms with Crippen molar-refractivity contribution in [2.75, 3.05) is 0 Å². The van der Waals surface area contributed by atoms with Crippen LogP contribution in [0.25, 0.3) is 0 Å². The van der Waals surface area contributed by atoms with Gasteiger partial charge < -0.3 is 5.32 Å². The fourth-order valence-corrected chi connectivity index (χ4v) is 4.05. The van der Waals surface area contributed by atoms with Gasteiger partial charge in [0.1, 0.15) is 0 Å². The van der Waals surface area contributed by atoms with Gasteiger partial charge >= 0.3 is 0 Å². The van der Waals surface area contributed by atoms with Crippen LogP contribution in [-0.4, -0.2) is 12.1 Å². The van der Waals surface area contributed by atoms with E-state index in [2.05, 4.69) is 31.3 Å². The molecule has 16 heavy (non-hydrogen) atoms. The maximum Gasteiger partial charge on any atom is 0.0138 e. The summed E-state index contributed by atoms with van der Waals surface area (Å²) >= 11 is 0. The summed E-state index contributed by atoms with van der Waals surface area (Å²) in [5.74, 6) is 1.87. The molecule has 1 nitrogen and oxygen atoms in total. The van der Waals surface area contributed by atoms with Crippen LogP contribution in [0, 0.1) is 17.3 Å². The van der Waals surface area contributed by atoms with E-state index in [4.69, 9.17) is 0 Å². The van der Waals surface area contributed by atoms with Crippen LogP contribution in [0.4, 0.5) is 0 Å². The van der Waals surface area contributed by atoms with Crippen LogP contribution in [0.1, 0.15) is 52.4 Å². The smallest absolute Gasteiger partial charge is 0.0138 e. The maximum absolute atomic E-state index is 3.93. The summed E-state index contributed by atoms with van der Waals surface area (Å²) in [4.78, 5) is 0. The average molecular weight is 219 g/mol. The Labute approximate surface area is 99.7 Å². The number of hydrogen-bond donors (Lipinski definition) is 1. The number of allylic oxidation sites excluding steroid dienone is 1. The van der Waals surface area contributed by atoms with E-state index >= 15 is 0 Å². The molecule has 3 aliphatic rings. The third-order valence-corrected chi connectivity index (χ3v) is 5.02. The number of rotatable bonds is 2. The molecule has 90 valence electrons. The lowest BCUT2D eigenvalue weighted by Gasteiger charge is -2.45. The number of hydrogen-bond acceptors (Lipinski definition) is 1. The van der Waals surface area contributed by atoms with E-state index in [1.165, 1.54) is 38.5 Å². The Balaban J connectivity index is 1.53. The Hall–Kier alpha value is -0.300. The predicted molar refractivity (Wildman–Crippen MR) is 68.3 cm³/mol. The highest BCUT2D eigenvalue weighted by atomic mass is 15.0. The molecule has 0 aromatic rings. The Morgan fingerprint density at radius 1 is 1.31 bits per heavy atom. The highest BCUT2D eigenvalue weighted by molar-refractivity contribution is 5.13. The summed E-state index contributed by atoms with van der Waals surface area (Å²) in [7, 11) is 0. The third-order valence-electron chi connectivity index (χ3n) is 5.02. The Kier molecular flexibility index (Phi) is 2.62. The first-order valence-electron chi connectivity index (χ1n) is 7.07. The van der Waals surface area contributed by atoms with Crippen molar-refractivity contribution >= 4 is 0 Å². The highest BCUT2D eigenvalue weighted by Crippen LogP contribution is 2.44. The maximum atomic E-state index is 3.93. The minimum absolute atomic E-state index is 0.574. The molecular weight excluding hydrogens is 194 g/mol. The lowest BCUT2D eigenvalue weighted by molar-refractivity contribution is 0.116. The van der Waals surface area contributed by atoms with Gasteiger partial charge in [-0.1, -0.05) is 32.4 Å². The first kappa shape index (κ1) is 10.8. The molecular formula is C15H25N. The van der Waals surface area contributed by atoms with Gasteiger partial charge in [-0.05, 0) is 49.4 Å². The molecule has 0 radical (unpaired) electrons. The molecule has 0 spiro atoms. The summed E-state index contributed by atoms with van der Waals surface area (Å²) in [6.45, 7) is 4.86. The standard InChI is InChI=1S/C15H25N/c1-15(2)8-4-6-12(10-15)16-14-9-11-5-3-7-13(11)14/h3,7,11-14,16H,4-6,8-10H2,1-2H3. The highest BCUT2D eigenvalue weighted by Gasteiger charge is 2.42. The van der Waals surface area contributed by atoms with Gasteiger partial charge in [-0.25, -0.2) is 0 Å². The summed E-state index contributed by atoms with van der Waals surface area (Å²) in [5, 5.41) is 3.93. The van der Waals surface area contributed by atoms with Crippen LogP contribution in [0.2, 0.25) is 0 Å². The normalized spacial score (nSPS) is 45.1. The molecule has 3 rings (SSSR count). The molecule has 0 saturated heterocycles. The predicted octanol–water partition coefficient (Wildman–Crippen LogP) is 3.51. The van der Waals surface area contributed by atoms with Crippen molar-refractivity contribution in [2.45, 2.75) is 64.5 Å². The van der Waals surface area contributed by atoms with E-state index in [-0.39, 0.29) is 0 Å². The fraction of sp³-hybridized carbons (Fsp3) is 0.867. The molecule has 2 fully saturated rings. The van der Waals surface area contributed by atoms with Crippen LogP contribution in [0.15, 0.2) is 12.2 Å². The molecule has 0 bridgehead atoms. The topological polar surface area (TPSA) is 12.0 Å². The van der Waals surface area contributed by atoms with Crippen LogP contribution in [0.3, 0.4) is 0 Å². The van der Waals surface area contributed by atoms with Gasteiger partial charge in [0.05, 0.1) is 0 Å². The van der Waals surface area contributed by atoms with E-state index < -0.39 is 0 Å².